The molecule has 0 fully saturated rings. The first-order valence-electron chi connectivity index (χ1n) is 21.2. The van der Waals surface area contributed by atoms with E-state index in [-0.39, 0.29) is 11.9 Å². The second kappa shape index (κ2) is 29.6. The van der Waals surface area contributed by atoms with Crippen LogP contribution in [0.1, 0.15) is 189 Å². The van der Waals surface area contributed by atoms with Gasteiger partial charge < -0.3 is 18.4 Å². The van der Waals surface area contributed by atoms with E-state index in [4.69, 9.17) is 9.47 Å². The quantitative estimate of drug-likeness (QED) is 0.0407. The molecule has 0 radical (unpaired) electrons. The van der Waals surface area contributed by atoms with Crippen molar-refractivity contribution >= 4 is 11.9 Å². The van der Waals surface area contributed by atoms with E-state index < -0.39 is 0 Å². The first-order valence-corrected chi connectivity index (χ1v) is 21.2. The van der Waals surface area contributed by atoms with Gasteiger partial charge in [0.05, 0.1) is 52.4 Å². The summed E-state index contributed by atoms with van der Waals surface area (Å²) in [5.41, 5.74) is 0.794. The number of ether oxygens (including phenoxy) is 2. The van der Waals surface area contributed by atoms with Gasteiger partial charge in [-0.2, -0.15) is 0 Å². The van der Waals surface area contributed by atoms with Crippen LogP contribution in [0.2, 0.25) is 0 Å². The van der Waals surface area contributed by atoms with Crippen molar-refractivity contribution in [1.82, 2.24) is 0 Å². The first-order chi connectivity index (χ1) is 24.1. The van der Waals surface area contributed by atoms with Gasteiger partial charge in [0.1, 0.15) is 26.3 Å². The molecule has 0 heterocycles. The van der Waals surface area contributed by atoms with Crippen molar-refractivity contribution in [2.75, 3.05) is 67.6 Å². The lowest BCUT2D eigenvalue weighted by Crippen LogP contribution is -2.43. The molecule has 0 unspecified atom stereocenters. The van der Waals surface area contributed by atoms with Crippen LogP contribution in [0.25, 0.3) is 0 Å². The summed E-state index contributed by atoms with van der Waals surface area (Å²) in [4.78, 5) is 25.6. The maximum Gasteiger partial charge on any atom is 0.338 e. The summed E-state index contributed by atoms with van der Waals surface area (Å²) in [6, 6.07) is 6.75. The summed E-state index contributed by atoms with van der Waals surface area (Å²) in [7, 11) is 8.84. The van der Waals surface area contributed by atoms with Crippen molar-refractivity contribution in [1.29, 1.82) is 0 Å². The van der Waals surface area contributed by atoms with Crippen LogP contribution >= 0.6 is 0 Å². The molecule has 0 atom stereocenters. The molecule has 6 heteroatoms. The van der Waals surface area contributed by atoms with Crippen LogP contribution in [-0.4, -0.2) is 88.5 Å². The molecule has 290 valence electrons. The second-order valence-corrected chi connectivity index (χ2v) is 16.4. The number of carbonyl (C=O) groups excluding carboxylic acids is 2. The van der Waals surface area contributed by atoms with Gasteiger partial charge in [-0.05, 0) is 43.9 Å². The zero-order valence-electron chi connectivity index (χ0n) is 34.1. The van der Waals surface area contributed by atoms with Crippen molar-refractivity contribution < 1.29 is 28.0 Å². The summed E-state index contributed by atoms with van der Waals surface area (Å²) in [5.74, 6) is -0.768. The maximum absolute atomic E-state index is 12.8. The van der Waals surface area contributed by atoms with Crippen LogP contribution < -0.4 is 0 Å². The predicted molar refractivity (Wildman–Crippen MR) is 213 cm³/mol. The van der Waals surface area contributed by atoms with Crippen LogP contribution in [0.3, 0.4) is 0 Å². The Kier molecular flexibility index (Phi) is 27.3. The van der Waals surface area contributed by atoms with Crippen molar-refractivity contribution in [2.45, 2.75) is 168 Å². The third-order valence-electron chi connectivity index (χ3n) is 10.4. The SMILES string of the molecule is CCCCCCCCCCCCCC[N+](C)(C)CCOC(=O)c1cccc(C(=O)OCC[N+](C)(C)CCCCCCCCCCCCCC)c1. The third-order valence-corrected chi connectivity index (χ3v) is 10.4. The number of esters is 2. The molecule has 0 bridgehead atoms. The van der Waals surface area contributed by atoms with Gasteiger partial charge in [0.15, 0.2) is 0 Å². The highest BCUT2D eigenvalue weighted by atomic mass is 16.5. The summed E-state index contributed by atoms with van der Waals surface area (Å²) in [6.45, 7) is 9.02. The molecule has 50 heavy (non-hydrogen) atoms. The number of rotatable bonds is 34. The minimum absolute atomic E-state index is 0.366. The molecule has 0 saturated heterocycles. The number of hydrogen-bond acceptors (Lipinski definition) is 4. The Labute approximate surface area is 310 Å². The third kappa shape index (κ3) is 25.9. The van der Waals surface area contributed by atoms with Gasteiger partial charge >= 0.3 is 11.9 Å². The molecule has 0 aromatic heterocycles. The van der Waals surface area contributed by atoms with E-state index in [9.17, 15) is 9.59 Å². The molecule has 0 saturated carbocycles. The Morgan fingerprint density at radius 1 is 0.440 bits per heavy atom. The van der Waals surface area contributed by atoms with E-state index in [0.29, 0.717) is 24.3 Å². The van der Waals surface area contributed by atoms with E-state index in [0.717, 1.165) is 35.1 Å². The molecule has 6 nitrogen and oxygen atoms in total. The Morgan fingerprint density at radius 3 is 1.02 bits per heavy atom. The van der Waals surface area contributed by atoms with Gasteiger partial charge in [0, 0.05) is 0 Å². The van der Waals surface area contributed by atoms with Crippen molar-refractivity contribution in [3.63, 3.8) is 0 Å². The number of benzene rings is 1. The monoisotopic (exact) mass is 703 g/mol. The summed E-state index contributed by atoms with van der Waals surface area (Å²) in [6.07, 6.45) is 32.5. The van der Waals surface area contributed by atoms with Crippen molar-refractivity contribution in [3.05, 3.63) is 35.4 Å². The number of quaternary nitrogens is 2. The minimum atomic E-state index is -0.384. The molecule has 0 aliphatic heterocycles. The lowest BCUT2D eigenvalue weighted by atomic mass is 10.1. The number of unbranched alkanes of at least 4 members (excludes halogenated alkanes) is 22. The molecular formula is C44H82N2O4+2. The van der Waals surface area contributed by atoms with E-state index >= 15 is 0 Å². The number of carbonyl (C=O) groups is 2. The van der Waals surface area contributed by atoms with Gasteiger partial charge in [-0.25, -0.2) is 9.59 Å². The molecule has 1 rings (SSSR count). The van der Waals surface area contributed by atoms with Crippen LogP contribution in [0.15, 0.2) is 24.3 Å². The highest BCUT2D eigenvalue weighted by Gasteiger charge is 2.19. The molecular weight excluding hydrogens is 620 g/mol. The lowest BCUT2D eigenvalue weighted by Gasteiger charge is -2.29. The van der Waals surface area contributed by atoms with E-state index in [2.05, 4.69) is 42.0 Å². The molecule has 0 N–H and O–H groups in total. The van der Waals surface area contributed by atoms with Gasteiger partial charge in [-0.1, -0.05) is 148 Å². The molecule has 0 aliphatic carbocycles. The van der Waals surface area contributed by atoms with E-state index in [1.807, 2.05) is 0 Å². The number of likely N-dealkylation sites (N-methyl/N-ethyl adjacent to an activating group) is 2. The predicted octanol–water partition coefficient (Wildman–Crippen LogP) is 11.6. The van der Waals surface area contributed by atoms with Crippen molar-refractivity contribution in [3.8, 4) is 0 Å². The largest absolute Gasteiger partial charge is 0.456 e. The molecule has 0 amide bonds. The second-order valence-electron chi connectivity index (χ2n) is 16.4. The Bertz CT molecular complexity index is 903. The van der Waals surface area contributed by atoms with Crippen LogP contribution in [-0.2, 0) is 9.47 Å². The summed E-state index contributed by atoms with van der Waals surface area (Å²) < 4.78 is 12.9. The Morgan fingerprint density at radius 2 is 0.720 bits per heavy atom. The molecule has 1 aromatic carbocycles. The zero-order chi connectivity index (χ0) is 36.8. The Balaban J connectivity index is 2.19. The van der Waals surface area contributed by atoms with Crippen LogP contribution in [0.4, 0.5) is 0 Å². The average Bonchev–Trinajstić information content (AvgIpc) is 3.09. The molecule has 0 aliphatic rings. The lowest BCUT2D eigenvalue weighted by molar-refractivity contribution is -0.890. The molecule has 1 aromatic rings. The number of nitrogens with zero attached hydrogens (tertiary/aromatic N) is 2. The van der Waals surface area contributed by atoms with Gasteiger partial charge in [-0.15, -0.1) is 0 Å². The topological polar surface area (TPSA) is 52.6 Å². The fraction of sp³-hybridized carbons (Fsp3) is 0.818. The maximum atomic E-state index is 12.8. The zero-order valence-corrected chi connectivity index (χ0v) is 34.1. The first kappa shape index (κ1) is 46.1. The van der Waals surface area contributed by atoms with Gasteiger partial charge in [-0.3, -0.25) is 0 Å². The van der Waals surface area contributed by atoms with Crippen molar-refractivity contribution in [2.24, 2.45) is 0 Å². The summed E-state index contributed by atoms with van der Waals surface area (Å²) in [5, 5.41) is 0. The van der Waals surface area contributed by atoms with Crippen LogP contribution in [0.5, 0.6) is 0 Å². The minimum Gasteiger partial charge on any atom is -0.456 e. The fourth-order valence-electron chi connectivity index (χ4n) is 6.70. The van der Waals surface area contributed by atoms with Gasteiger partial charge in [0.25, 0.3) is 0 Å². The van der Waals surface area contributed by atoms with E-state index in [1.165, 1.54) is 154 Å². The fourth-order valence-corrected chi connectivity index (χ4v) is 6.70. The highest BCUT2D eigenvalue weighted by molar-refractivity contribution is 5.95. The molecule has 0 spiro atoms. The Hall–Kier alpha value is -1.92. The average molecular weight is 703 g/mol. The normalized spacial score (nSPS) is 12.0. The highest BCUT2D eigenvalue weighted by Crippen LogP contribution is 2.15. The standard InChI is InChI=1S/C44H82N2O4/c1-7-9-11-13-15-17-19-21-23-25-27-29-34-45(3,4)36-38-49-43(47)41-32-31-33-42(40-41)44(48)50-39-37-46(5,6)35-30-28-26-24-22-20-18-16-14-12-10-8-2/h31-33,40H,7-30,34-39H2,1-6H3/q+2. The smallest absolute Gasteiger partial charge is 0.338 e. The number of hydrogen-bond donors (Lipinski definition) is 0. The van der Waals surface area contributed by atoms with Gasteiger partial charge in [0.2, 0.25) is 0 Å². The van der Waals surface area contributed by atoms with E-state index in [1.54, 1.807) is 24.3 Å². The van der Waals surface area contributed by atoms with Crippen LogP contribution in [0, 0.1) is 0 Å². The summed E-state index contributed by atoms with van der Waals surface area (Å²) >= 11 is 0.